The van der Waals surface area contributed by atoms with E-state index in [1.807, 2.05) is 0 Å². The molecular formula is C22H26. The van der Waals surface area contributed by atoms with Gasteiger partial charge in [-0.3, -0.25) is 0 Å². The van der Waals surface area contributed by atoms with Gasteiger partial charge in [0.2, 0.25) is 0 Å². The van der Waals surface area contributed by atoms with Crippen molar-refractivity contribution in [3.63, 3.8) is 0 Å². The van der Waals surface area contributed by atoms with Crippen molar-refractivity contribution in [2.24, 2.45) is 10.8 Å². The standard InChI is InChI=1S/C22H26/c1-14-11-12-17-16-9-7-8-10-18(16)22(19(17)15(14)2)20(3,4)13-21(22,5)6/h7-12H,13H2,1-6H3. The van der Waals surface area contributed by atoms with Crippen LogP contribution in [-0.4, -0.2) is 0 Å². The van der Waals surface area contributed by atoms with Crippen LogP contribution in [0.5, 0.6) is 0 Å². The van der Waals surface area contributed by atoms with E-state index >= 15 is 0 Å². The van der Waals surface area contributed by atoms with Gasteiger partial charge in [0, 0.05) is 5.41 Å². The van der Waals surface area contributed by atoms with Crippen LogP contribution in [0, 0.1) is 24.7 Å². The van der Waals surface area contributed by atoms with Crippen molar-refractivity contribution >= 4 is 0 Å². The molecule has 4 rings (SSSR count). The Morgan fingerprint density at radius 1 is 0.773 bits per heavy atom. The van der Waals surface area contributed by atoms with E-state index in [9.17, 15) is 0 Å². The molecule has 0 radical (unpaired) electrons. The van der Waals surface area contributed by atoms with Crippen molar-refractivity contribution < 1.29 is 0 Å². The molecule has 1 fully saturated rings. The average Bonchev–Trinajstić information content (AvgIpc) is 2.76. The fourth-order valence-electron chi connectivity index (χ4n) is 6.29. The number of aryl methyl sites for hydroxylation is 1. The Morgan fingerprint density at radius 2 is 1.41 bits per heavy atom. The lowest BCUT2D eigenvalue weighted by Crippen LogP contribution is -2.64. The lowest BCUT2D eigenvalue weighted by atomic mass is 9.35. The largest absolute Gasteiger partial charge is 0.0619 e. The van der Waals surface area contributed by atoms with Crippen LogP contribution < -0.4 is 0 Å². The maximum Gasteiger partial charge on any atom is 0.0320 e. The molecule has 0 N–H and O–H groups in total. The van der Waals surface area contributed by atoms with Gasteiger partial charge >= 0.3 is 0 Å². The predicted octanol–water partition coefficient (Wildman–Crippen LogP) is 6.03. The molecule has 0 heterocycles. The summed E-state index contributed by atoms with van der Waals surface area (Å²) in [6.07, 6.45) is 1.28. The zero-order chi connectivity index (χ0) is 15.9. The summed E-state index contributed by atoms with van der Waals surface area (Å²) in [7, 11) is 0. The van der Waals surface area contributed by atoms with E-state index in [1.54, 1.807) is 11.1 Å². The number of hydrogen-bond acceptors (Lipinski definition) is 0. The molecule has 0 aromatic heterocycles. The molecule has 0 atom stereocenters. The molecule has 114 valence electrons. The molecule has 0 bridgehead atoms. The lowest BCUT2D eigenvalue weighted by molar-refractivity contribution is -0.0861. The molecule has 22 heavy (non-hydrogen) atoms. The van der Waals surface area contributed by atoms with Gasteiger partial charge in [-0.05, 0) is 64.5 Å². The lowest BCUT2D eigenvalue weighted by Gasteiger charge is -2.67. The van der Waals surface area contributed by atoms with E-state index in [2.05, 4.69) is 77.9 Å². The van der Waals surface area contributed by atoms with Crippen LogP contribution in [-0.2, 0) is 5.41 Å². The Bertz CT molecular complexity index is 776. The van der Waals surface area contributed by atoms with E-state index in [1.165, 1.54) is 28.7 Å². The molecule has 0 heteroatoms. The first kappa shape index (κ1) is 14.1. The third kappa shape index (κ3) is 1.27. The van der Waals surface area contributed by atoms with Crippen molar-refractivity contribution in [1.82, 2.24) is 0 Å². The predicted molar refractivity (Wildman–Crippen MR) is 94.3 cm³/mol. The highest BCUT2D eigenvalue weighted by atomic mass is 14.7. The number of fused-ring (bicyclic) bond motifs is 5. The maximum absolute atomic E-state index is 2.46. The fraction of sp³-hybridized carbons (Fsp3) is 0.455. The maximum atomic E-state index is 2.46. The van der Waals surface area contributed by atoms with Crippen LogP contribution in [0.15, 0.2) is 36.4 Å². The summed E-state index contributed by atoms with van der Waals surface area (Å²) in [5.41, 5.74) is 9.77. The van der Waals surface area contributed by atoms with E-state index in [0.717, 1.165) is 0 Å². The summed E-state index contributed by atoms with van der Waals surface area (Å²) < 4.78 is 0. The summed E-state index contributed by atoms with van der Waals surface area (Å²) >= 11 is 0. The Kier molecular flexibility index (Phi) is 2.46. The van der Waals surface area contributed by atoms with Gasteiger partial charge in [0.25, 0.3) is 0 Å². The Labute approximate surface area is 134 Å². The van der Waals surface area contributed by atoms with Gasteiger partial charge in [0.05, 0.1) is 0 Å². The summed E-state index contributed by atoms with van der Waals surface area (Å²) in [6.45, 7) is 14.4. The molecule has 2 aromatic carbocycles. The molecule has 0 aliphatic heterocycles. The highest BCUT2D eigenvalue weighted by molar-refractivity contribution is 5.84. The van der Waals surface area contributed by atoms with Crippen molar-refractivity contribution in [2.45, 2.75) is 53.4 Å². The van der Waals surface area contributed by atoms with Gasteiger partial charge < -0.3 is 0 Å². The monoisotopic (exact) mass is 290 g/mol. The van der Waals surface area contributed by atoms with Gasteiger partial charge in [-0.15, -0.1) is 0 Å². The highest BCUT2D eigenvalue weighted by Crippen LogP contribution is 2.75. The van der Waals surface area contributed by atoms with Crippen LogP contribution in [0.25, 0.3) is 11.1 Å². The van der Waals surface area contributed by atoms with Crippen LogP contribution in [0.2, 0.25) is 0 Å². The second-order valence-corrected chi connectivity index (χ2v) is 8.67. The van der Waals surface area contributed by atoms with Crippen molar-refractivity contribution in [2.75, 3.05) is 0 Å². The van der Waals surface area contributed by atoms with Gasteiger partial charge in [-0.1, -0.05) is 64.1 Å². The molecule has 2 aliphatic rings. The third-order valence-corrected chi connectivity index (χ3v) is 6.65. The summed E-state index contributed by atoms with van der Waals surface area (Å²) in [4.78, 5) is 0. The number of hydrogen-bond donors (Lipinski definition) is 0. The normalized spacial score (nSPS) is 22.1. The summed E-state index contributed by atoms with van der Waals surface area (Å²) in [5, 5.41) is 0. The minimum absolute atomic E-state index is 0.155. The third-order valence-electron chi connectivity index (χ3n) is 6.65. The molecule has 0 amide bonds. The molecule has 0 saturated heterocycles. The Hall–Kier alpha value is -1.56. The number of benzene rings is 2. The zero-order valence-corrected chi connectivity index (χ0v) is 14.7. The second-order valence-electron chi connectivity index (χ2n) is 8.67. The highest BCUT2D eigenvalue weighted by Gasteiger charge is 2.69. The zero-order valence-electron chi connectivity index (χ0n) is 14.7. The molecular weight excluding hydrogens is 264 g/mol. The Balaban J connectivity index is 2.20. The van der Waals surface area contributed by atoms with Crippen LogP contribution in [0.3, 0.4) is 0 Å². The SMILES string of the molecule is Cc1ccc2c(c1C)C1(c3ccccc3-2)C(C)(C)CC1(C)C. The molecule has 2 aliphatic carbocycles. The number of rotatable bonds is 0. The quantitative estimate of drug-likeness (QED) is 0.556. The van der Waals surface area contributed by atoms with Crippen LogP contribution in [0.4, 0.5) is 0 Å². The van der Waals surface area contributed by atoms with Gasteiger partial charge in [0.1, 0.15) is 0 Å². The van der Waals surface area contributed by atoms with E-state index in [0.29, 0.717) is 10.8 Å². The summed E-state index contributed by atoms with van der Waals surface area (Å²) in [5.74, 6) is 0. The molecule has 2 aromatic rings. The van der Waals surface area contributed by atoms with Crippen LogP contribution in [0.1, 0.15) is 56.4 Å². The van der Waals surface area contributed by atoms with E-state index in [-0.39, 0.29) is 5.41 Å². The fourth-order valence-corrected chi connectivity index (χ4v) is 6.29. The summed E-state index contributed by atoms with van der Waals surface area (Å²) in [6, 6.07) is 13.8. The first-order chi connectivity index (χ1) is 10.2. The Morgan fingerprint density at radius 3 is 2.05 bits per heavy atom. The first-order valence-electron chi connectivity index (χ1n) is 8.45. The topological polar surface area (TPSA) is 0 Å². The smallest absolute Gasteiger partial charge is 0.0320 e. The minimum Gasteiger partial charge on any atom is -0.0619 e. The van der Waals surface area contributed by atoms with E-state index < -0.39 is 0 Å². The van der Waals surface area contributed by atoms with Gasteiger partial charge in [0.15, 0.2) is 0 Å². The van der Waals surface area contributed by atoms with Crippen LogP contribution >= 0.6 is 0 Å². The second kappa shape index (κ2) is 3.85. The van der Waals surface area contributed by atoms with Gasteiger partial charge in [-0.2, -0.15) is 0 Å². The van der Waals surface area contributed by atoms with Crippen molar-refractivity contribution in [3.05, 3.63) is 58.7 Å². The van der Waals surface area contributed by atoms with Crippen molar-refractivity contribution in [1.29, 1.82) is 0 Å². The molecule has 1 saturated carbocycles. The minimum atomic E-state index is 0.155. The molecule has 0 unspecified atom stereocenters. The van der Waals surface area contributed by atoms with Gasteiger partial charge in [-0.25, -0.2) is 0 Å². The molecule has 1 spiro atoms. The van der Waals surface area contributed by atoms with E-state index in [4.69, 9.17) is 0 Å². The first-order valence-corrected chi connectivity index (χ1v) is 8.45. The average molecular weight is 290 g/mol. The molecule has 0 nitrogen and oxygen atoms in total. The van der Waals surface area contributed by atoms with Crippen molar-refractivity contribution in [3.8, 4) is 11.1 Å².